The number of aliphatic carboxylic acids is 1. The van der Waals surface area contributed by atoms with Crippen LogP contribution in [0.2, 0.25) is 0 Å². The smallest absolute Gasteiger partial charge is 0.329 e. The van der Waals surface area contributed by atoms with Gasteiger partial charge in [-0.05, 0) is 38.3 Å². The number of ketones is 1. The first-order valence-corrected chi connectivity index (χ1v) is 8.21. The largest absolute Gasteiger partial charge is 0.494 e. The molecule has 1 aromatic rings. The van der Waals surface area contributed by atoms with Gasteiger partial charge in [0.15, 0.2) is 5.78 Å². The van der Waals surface area contributed by atoms with Crippen LogP contribution in [0.25, 0.3) is 0 Å². The van der Waals surface area contributed by atoms with Crippen LogP contribution in [0.15, 0.2) is 24.3 Å². The van der Waals surface area contributed by atoms with Gasteiger partial charge in [-0.3, -0.25) is 9.59 Å². The Hall–Kier alpha value is -2.37. The maximum atomic E-state index is 12.0. The summed E-state index contributed by atoms with van der Waals surface area (Å²) in [5, 5.41) is 12.0. The van der Waals surface area contributed by atoms with Gasteiger partial charge in [-0.2, -0.15) is 0 Å². The summed E-state index contributed by atoms with van der Waals surface area (Å²) < 4.78 is 5.54. The number of carboxylic acid groups (broad SMARTS) is 1. The molecule has 1 fully saturated rings. The molecular weight excluding hydrogens is 310 g/mol. The van der Waals surface area contributed by atoms with Crippen molar-refractivity contribution in [1.82, 2.24) is 5.32 Å². The predicted molar refractivity (Wildman–Crippen MR) is 88.2 cm³/mol. The lowest BCUT2D eigenvalue weighted by Crippen LogP contribution is -2.52. The predicted octanol–water partition coefficient (Wildman–Crippen LogP) is 2.56. The molecule has 1 amide bonds. The number of Topliss-reactive ketones (excluding diaryl/α,β-unsaturated/α-hetero) is 1. The van der Waals surface area contributed by atoms with Crippen molar-refractivity contribution in [2.45, 2.75) is 51.0 Å². The molecule has 1 saturated carbocycles. The molecule has 0 bridgehead atoms. The van der Waals surface area contributed by atoms with E-state index in [2.05, 4.69) is 5.32 Å². The van der Waals surface area contributed by atoms with Crippen LogP contribution in [0.4, 0.5) is 0 Å². The molecule has 6 nitrogen and oxygen atoms in total. The van der Waals surface area contributed by atoms with E-state index in [0.29, 0.717) is 37.2 Å². The summed E-state index contributed by atoms with van der Waals surface area (Å²) in [6.07, 6.45) is 3.31. The SMILES string of the molecule is CC(=O)c1cccc(OCCCC(=O)NC2(C(=O)O)CCCC2)c1. The van der Waals surface area contributed by atoms with Gasteiger partial charge < -0.3 is 15.2 Å². The Bertz CT molecular complexity index is 620. The van der Waals surface area contributed by atoms with Crippen molar-refractivity contribution >= 4 is 17.7 Å². The molecule has 2 N–H and O–H groups in total. The van der Waals surface area contributed by atoms with E-state index in [0.717, 1.165) is 12.8 Å². The third-order valence-corrected chi connectivity index (χ3v) is 4.30. The van der Waals surface area contributed by atoms with Crippen LogP contribution in [-0.4, -0.2) is 34.9 Å². The Morgan fingerprint density at radius 3 is 2.58 bits per heavy atom. The zero-order chi connectivity index (χ0) is 17.6. The number of hydrogen-bond donors (Lipinski definition) is 2. The van der Waals surface area contributed by atoms with Gasteiger partial charge >= 0.3 is 5.97 Å². The Balaban J connectivity index is 1.76. The number of carbonyl (C=O) groups is 3. The second-order valence-electron chi connectivity index (χ2n) is 6.18. The second kappa shape index (κ2) is 7.95. The van der Waals surface area contributed by atoms with Crippen LogP contribution in [0.1, 0.15) is 55.8 Å². The molecule has 0 unspecified atom stereocenters. The molecule has 0 aliphatic heterocycles. The highest BCUT2D eigenvalue weighted by molar-refractivity contribution is 5.94. The molecule has 6 heteroatoms. The monoisotopic (exact) mass is 333 g/mol. The maximum absolute atomic E-state index is 12.0. The molecular formula is C18H23NO5. The second-order valence-corrected chi connectivity index (χ2v) is 6.18. The minimum atomic E-state index is -1.09. The fourth-order valence-electron chi connectivity index (χ4n) is 2.93. The first-order valence-electron chi connectivity index (χ1n) is 8.21. The average molecular weight is 333 g/mol. The lowest BCUT2D eigenvalue weighted by Gasteiger charge is -2.25. The number of nitrogens with one attached hydrogen (secondary N) is 1. The minimum Gasteiger partial charge on any atom is -0.494 e. The van der Waals surface area contributed by atoms with Gasteiger partial charge in [-0.25, -0.2) is 4.79 Å². The van der Waals surface area contributed by atoms with E-state index >= 15 is 0 Å². The fraction of sp³-hybridized carbons (Fsp3) is 0.500. The van der Waals surface area contributed by atoms with Crippen LogP contribution in [0.3, 0.4) is 0 Å². The topological polar surface area (TPSA) is 92.7 Å². The van der Waals surface area contributed by atoms with Crippen LogP contribution >= 0.6 is 0 Å². The summed E-state index contributed by atoms with van der Waals surface area (Å²) in [5.74, 6) is -0.665. The van der Waals surface area contributed by atoms with Gasteiger partial charge in [-0.15, -0.1) is 0 Å². The van der Waals surface area contributed by atoms with Crippen molar-refractivity contribution in [1.29, 1.82) is 0 Å². The van der Waals surface area contributed by atoms with Gasteiger partial charge in [0.1, 0.15) is 11.3 Å². The van der Waals surface area contributed by atoms with Crippen LogP contribution in [0.5, 0.6) is 5.75 Å². The molecule has 0 heterocycles. The standard InChI is InChI=1S/C18H23NO5/c1-13(20)14-6-4-7-15(12-14)24-11-5-8-16(21)19-18(17(22)23)9-2-3-10-18/h4,6-7,12H,2-3,5,8-11H2,1H3,(H,19,21)(H,22,23). The van der Waals surface area contributed by atoms with E-state index in [1.54, 1.807) is 24.3 Å². The van der Waals surface area contributed by atoms with Crippen LogP contribution in [-0.2, 0) is 9.59 Å². The number of rotatable bonds is 8. The van der Waals surface area contributed by atoms with E-state index in [9.17, 15) is 19.5 Å². The van der Waals surface area contributed by atoms with E-state index in [4.69, 9.17) is 4.74 Å². The Labute approximate surface area is 141 Å². The highest BCUT2D eigenvalue weighted by Crippen LogP contribution is 2.30. The number of benzene rings is 1. The maximum Gasteiger partial charge on any atom is 0.329 e. The third kappa shape index (κ3) is 4.57. The highest BCUT2D eigenvalue weighted by atomic mass is 16.5. The number of ether oxygens (including phenoxy) is 1. The molecule has 0 spiro atoms. The molecule has 1 aromatic carbocycles. The lowest BCUT2D eigenvalue weighted by molar-refractivity contribution is -0.147. The minimum absolute atomic E-state index is 0.0321. The van der Waals surface area contributed by atoms with Gasteiger partial charge in [0.2, 0.25) is 5.91 Å². The molecule has 0 atom stereocenters. The highest BCUT2D eigenvalue weighted by Gasteiger charge is 2.42. The molecule has 24 heavy (non-hydrogen) atoms. The fourth-order valence-corrected chi connectivity index (χ4v) is 2.93. The van der Waals surface area contributed by atoms with E-state index in [-0.39, 0.29) is 18.1 Å². The van der Waals surface area contributed by atoms with Crippen molar-refractivity contribution < 1.29 is 24.2 Å². The summed E-state index contributed by atoms with van der Waals surface area (Å²) in [7, 11) is 0. The number of carboxylic acids is 1. The normalized spacial score (nSPS) is 15.7. The van der Waals surface area contributed by atoms with Gasteiger partial charge in [0.05, 0.1) is 6.61 Å². The summed E-state index contributed by atoms with van der Waals surface area (Å²) in [5.41, 5.74) is -0.511. The molecule has 1 aliphatic carbocycles. The Kier molecular flexibility index (Phi) is 5.95. The van der Waals surface area contributed by atoms with Crippen molar-refractivity contribution in [2.75, 3.05) is 6.61 Å². The van der Waals surface area contributed by atoms with Crippen molar-refractivity contribution in [3.8, 4) is 5.75 Å². The molecule has 0 radical (unpaired) electrons. The quantitative estimate of drug-likeness (QED) is 0.563. The number of carbonyl (C=O) groups excluding carboxylic acids is 2. The van der Waals surface area contributed by atoms with Crippen molar-refractivity contribution in [3.63, 3.8) is 0 Å². The first kappa shape index (κ1) is 18.0. The summed E-state index contributed by atoms with van der Waals surface area (Å²) in [6.45, 7) is 1.82. The Morgan fingerprint density at radius 1 is 1.25 bits per heavy atom. The van der Waals surface area contributed by atoms with Crippen molar-refractivity contribution in [2.24, 2.45) is 0 Å². The summed E-state index contributed by atoms with van der Waals surface area (Å²) in [6, 6.07) is 6.88. The van der Waals surface area contributed by atoms with Gasteiger partial charge in [-0.1, -0.05) is 25.0 Å². The molecule has 1 aliphatic rings. The third-order valence-electron chi connectivity index (χ3n) is 4.30. The van der Waals surface area contributed by atoms with Crippen molar-refractivity contribution in [3.05, 3.63) is 29.8 Å². The van der Waals surface area contributed by atoms with E-state index in [1.807, 2.05) is 0 Å². The molecule has 130 valence electrons. The summed E-state index contributed by atoms with van der Waals surface area (Å²) >= 11 is 0. The first-order chi connectivity index (χ1) is 11.4. The van der Waals surface area contributed by atoms with Crippen LogP contribution in [0, 0.1) is 0 Å². The van der Waals surface area contributed by atoms with E-state index < -0.39 is 11.5 Å². The molecule has 2 rings (SSSR count). The Morgan fingerprint density at radius 2 is 1.96 bits per heavy atom. The number of hydrogen-bond acceptors (Lipinski definition) is 4. The zero-order valence-electron chi connectivity index (χ0n) is 13.8. The van der Waals surface area contributed by atoms with Crippen LogP contribution < -0.4 is 10.1 Å². The molecule has 0 aromatic heterocycles. The summed E-state index contributed by atoms with van der Waals surface area (Å²) in [4.78, 5) is 34.7. The van der Waals surface area contributed by atoms with E-state index in [1.165, 1.54) is 6.92 Å². The van der Waals surface area contributed by atoms with Gasteiger partial charge in [0.25, 0.3) is 0 Å². The van der Waals surface area contributed by atoms with Gasteiger partial charge in [0, 0.05) is 12.0 Å². The number of amides is 1. The zero-order valence-corrected chi connectivity index (χ0v) is 13.8. The average Bonchev–Trinajstić information content (AvgIpc) is 3.01. The molecule has 0 saturated heterocycles. The lowest BCUT2D eigenvalue weighted by atomic mass is 9.97.